The lowest BCUT2D eigenvalue weighted by molar-refractivity contribution is 0.0683. The molecule has 0 aromatic carbocycles. The highest BCUT2D eigenvalue weighted by atomic mass is 19.3. The van der Waals surface area contributed by atoms with E-state index < -0.39 is 29.5 Å². The Morgan fingerprint density at radius 3 is 2.57 bits per heavy atom. The Morgan fingerprint density at radius 1 is 1.57 bits per heavy atom. The van der Waals surface area contributed by atoms with Crippen molar-refractivity contribution in [3.63, 3.8) is 0 Å². The maximum Gasteiger partial charge on any atom is 0.357 e. The van der Waals surface area contributed by atoms with Crippen molar-refractivity contribution in [2.75, 3.05) is 0 Å². The van der Waals surface area contributed by atoms with Gasteiger partial charge in [-0.05, 0) is 13.0 Å². The summed E-state index contributed by atoms with van der Waals surface area (Å²) in [5.74, 6) is -3.13. The zero-order valence-corrected chi connectivity index (χ0v) is 7.09. The number of rotatable bonds is 2. The third-order valence-corrected chi connectivity index (χ3v) is 1.55. The van der Waals surface area contributed by atoms with Crippen LogP contribution in [0.25, 0.3) is 0 Å². The number of pyridine rings is 1. The maximum absolute atomic E-state index is 13.0. The van der Waals surface area contributed by atoms with Gasteiger partial charge < -0.3 is 5.11 Å². The van der Waals surface area contributed by atoms with E-state index in [2.05, 4.69) is 4.98 Å². The standard InChI is InChI=1S/C8H6F3NO2/c1-3-2-4(7(10)11)5(9)6(12-3)8(13)14/h2,7H,1H3,(H,13,14). The molecule has 1 heterocycles. The minimum atomic E-state index is -3.05. The number of carboxylic acids is 1. The van der Waals surface area contributed by atoms with Gasteiger partial charge >= 0.3 is 5.97 Å². The van der Waals surface area contributed by atoms with Gasteiger partial charge in [-0.1, -0.05) is 0 Å². The molecule has 1 rings (SSSR count). The molecular formula is C8H6F3NO2. The van der Waals surface area contributed by atoms with Gasteiger partial charge in [-0.25, -0.2) is 22.9 Å². The van der Waals surface area contributed by atoms with Gasteiger partial charge in [-0.2, -0.15) is 0 Å². The number of carbonyl (C=O) groups is 1. The molecule has 0 fully saturated rings. The normalized spacial score (nSPS) is 10.6. The molecular weight excluding hydrogens is 199 g/mol. The molecule has 0 bridgehead atoms. The molecule has 0 unspecified atom stereocenters. The minimum absolute atomic E-state index is 0.0408. The van der Waals surface area contributed by atoms with Crippen LogP contribution in [0.5, 0.6) is 0 Å². The number of aryl methyl sites for hydroxylation is 1. The van der Waals surface area contributed by atoms with Gasteiger partial charge in [-0.15, -0.1) is 0 Å². The van der Waals surface area contributed by atoms with Crippen LogP contribution in [0.15, 0.2) is 6.07 Å². The average Bonchev–Trinajstić information content (AvgIpc) is 2.07. The number of aromatic nitrogens is 1. The van der Waals surface area contributed by atoms with Crippen LogP contribution in [0.4, 0.5) is 13.2 Å². The van der Waals surface area contributed by atoms with Gasteiger partial charge in [0.2, 0.25) is 0 Å². The van der Waals surface area contributed by atoms with E-state index in [0.29, 0.717) is 0 Å². The molecule has 0 aliphatic rings. The van der Waals surface area contributed by atoms with E-state index in [1.165, 1.54) is 6.92 Å². The SMILES string of the molecule is Cc1cc(C(F)F)c(F)c(C(=O)O)n1. The van der Waals surface area contributed by atoms with E-state index >= 15 is 0 Å². The van der Waals surface area contributed by atoms with Crippen LogP contribution >= 0.6 is 0 Å². The Hall–Kier alpha value is -1.59. The van der Waals surface area contributed by atoms with Crippen molar-refractivity contribution in [2.24, 2.45) is 0 Å². The van der Waals surface area contributed by atoms with E-state index in [4.69, 9.17) is 5.11 Å². The van der Waals surface area contributed by atoms with Gasteiger partial charge in [0, 0.05) is 5.69 Å². The Bertz CT molecular complexity index is 379. The van der Waals surface area contributed by atoms with Crippen molar-refractivity contribution in [3.05, 3.63) is 28.8 Å². The molecule has 76 valence electrons. The maximum atomic E-state index is 13.0. The molecule has 0 amide bonds. The lowest BCUT2D eigenvalue weighted by atomic mass is 10.2. The molecule has 6 heteroatoms. The number of nitrogens with zero attached hydrogens (tertiary/aromatic N) is 1. The molecule has 0 spiro atoms. The Balaban J connectivity index is 3.40. The summed E-state index contributed by atoms with van der Waals surface area (Å²) in [6.07, 6.45) is -3.05. The van der Waals surface area contributed by atoms with Crippen LogP contribution < -0.4 is 0 Å². The van der Waals surface area contributed by atoms with Crippen LogP contribution in [0.1, 0.15) is 28.2 Å². The monoisotopic (exact) mass is 205 g/mol. The first-order valence-corrected chi connectivity index (χ1v) is 3.62. The van der Waals surface area contributed by atoms with Gasteiger partial charge in [0.1, 0.15) is 0 Å². The summed E-state index contributed by atoms with van der Waals surface area (Å²) >= 11 is 0. The molecule has 3 nitrogen and oxygen atoms in total. The van der Waals surface area contributed by atoms with E-state index in [9.17, 15) is 18.0 Å². The van der Waals surface area contributed by atoms with E-state index in [1.54, 1.807) is 0 Å². The van der Waals surface area contributed by atoms with Crippen LogP contribution in [0, 0.1) is 12.7 Å². The van der Waals surface area contributed by atoms with Crippen molar-refractivity contribution in [1.82, 2.24) is 4.98 Å². The summed E-state index contributed by atoms with van der Waals surface area (Å²) < 4.78 is 37.4. The van der Waals surface area contributed by atoms with Gasteiger partial charge in [0.05, 0.1) is 5.56 Å². The number of halogens is 3. The summed E-state index contributed by atoms with van der Waals surface area (Å²) in [4.78, 5) is 13.7. The largest absolute Gasteiger partial charge is 0.476 e. The highest BCUT2D eigenvalue weighted by molar-refractivity contribution is 5.85. The third kappa shape index (κ3) is 1.84. The molecule has 1 aromatic heterocycles. The summed E-state index contributed by atoms with van der Waals surface area (Å²) in [6, 6.07) is 0.826. The molecule has 0 saturated carbocycles. The Kier molecular flexibility index (Phi) is 2.73. The number of aromatic carboxylic acids is 1. The predicted molar refractivity (Wildman–Crippen MR) is 40.8 cm³/mol. The fourth-order valence-electron chi connectivity index (χ4n) is 0.983. The second kappa shape index (κ2) is 3.65. The van der Waals surface area contributed by atoms with E-state index in [-0.39, 0.29) is 5.69 Å². The first kappa shape index (κ1) is 10.5. The van der Waals surface area contributed by atoms with Crippen LogP contribution in [0.3, 0.4) is 0 Å². The first-order valence-electron chi connectivity index (χ1n) is 3.62. The number of alkyl halides is 2. The molecule has 0 saturated heterocycles. The van der Waals surface area contributed by atoms with Gasteiger partial charge in [-0.3, -0.25) is 0 Å². The summed E-state index contributed by atoms with van der Waals surface area (Å²) in [6.45, 7) is 1.32. The summed E-state index contributed by atoms with van der Waals surface area (Å²) in [5.41, 5.74) is -1.87. The number of hydrogen-bond donors (Lipinski definition) is 1. The van der Waals surface area contributed by atoms with Crippen molar-refractivity contribution in [1.29, 1.82) is 0 Å². The molecule has 0 aliphatic heterocycles. The smallest absolute Gasteiger partial charge is 0.357 e. The Morgan fingerprint density at radius 2 is 2.14 bits per heavy atom. The van der Waals surface area contributed by atoms with Gasteiger partial charge in [0.25, 0.3) is 6.43 Å². The number of carboxylic acid groups (broad SMARTS) is 1. The summed E-state index contributed by atoms with van der Waals surface area (Å²) in [7, 11) is 0. The fourth-order valence-corrected chi connectivity index (χ4v) is 0.983. The summed E-state index contributed by atoms with van der Waals surface area (Å²) in [5, 5.41) is 8.45. The first-order chi connectivity index (χ1) is 6.43. The van der Waals surface area contributed by atoms with Crippen molar-refractivity contribution in [2.45, 2.75) is 13.3 Å². The Labute approximate surface area is 77.2 Å². The van der Waals surface area contributed by atoms with Crippen LogP contribution in [-0.4, -0.2) is 16.1 Å². The minimum Gasteiger partial charge on any atom is -0.476 e. The highest BCUT2D eigenvalue weighted by Crippen LogP contribution is 2.24. The molecule has 1 aromatic rings. The van der Waals surface area contributed by atoms with Crippen molar-refractivity contribution >= 4 is 5.97 Å². The second-order valence-corrected chi connectivity index (χ2v) is 2.62. The molecule has 1 N–H and O–H groups in total. The van der Waals surface area contributed by atoms with Crippen LogP contribution in [0.2, 0.25) is 0 Å². The zero-order chi connectivity index (χ0) is 10.9. The van der Waals surface area contributed by atoms with E-state index in [0.717, 1.165) is 6.07 Å². The predicted octanol–water partition coefficient (Wildman–Crippen LogP) is 2.16. The van der Waals surface area contributed by atoms with Gasteiger partial charge in [0.15, 0.2) is 11.5 Å². The highest BCUT2D eigenvalue weighted by Gasteiger charge is 2.22. The lowest BCUT2D eigenvalue weighted by Gasteiger charge is -2.05. The zero-order valence-electron chi connectivity index (χ0n) is 7.09. The molecule has 0 atom stereocenters. The molecule has 0 radical (unpaired) electrons. The topological polar surface area (TPSA) is 50.2 Å². The van der Waals surface area contributed by atoms with Crippen molar-refractivity contribution < 1.29 is 23.1 Å². The molecule has 14 heavy (non-hydrogen) atoms. The van der Waals surface area contributed by atoms with Crippen molar-refractivity contribution in [3.8, 4) is 0 Å². The quantitative estimate of drug-likeness (QED) is 0.804. The molecule has 0 aliphatic carbocycles. The number of hydrogen-bond acceptors (Lipinski definition) is 2. The fraction of sp³-hybridized carbons (Fsp3) is 0.250. The average molecular weight is 205 g/mol. The van der Waals surface area contributed by atoms with E-state index in [1.807, 2.05) is 0 Å². The van der Waals surface area contributed by atoms with Crippen LogP contribution in [-0.2, 0) is 0 Å². The lowest BCUT2D eigenvalue weighted by Crippen LogP contribution is -2.08. The third-order valence-electron chi connectivity index (χ3n) is 1.55. The second-order valence-electron chi connectivity index (χ2n) is 2.62.